The van der Waals surface area contributed by atoms with Crippen LogP contribution in [0.2, 0.25) is 0 Å². The molecule has 5 nitrogen and oxygen atoms in total. The first-order valence-corrected chi connectivity index (χ1v) is 9.28. The molecule has 6 heteroatoms. The van der Waals surface area contributed by atoms with Crippen LogP contribution in [0.15, 0.2) is 72.5 Å². The third-order valence-electron chi connectivity index (χ3n) is 4.40. The molecule has 130 valence electrons. The van der Waals surface area contributed by atoms with Gasteiger partial charge in [-0.25, -0.2) is 9.97 Å². The van der Waals surface area contributed by atoms with Crippen LogP contribution in [0.5, 0.6) is 0 Å². The molecule has 1 amide bonds. The summed E-state index contributed by atoms with van der Waals surface area (Å²) >= 11 is 1.53. The van der Waals surface area contributed by atoms with Crippen LogP contribution >= 0.6 is 11.3 Å². The van der Waals surface area contributed by atoms with Gasteiger partial charge in [0, 0.05) is 11.6 Å². The Balaban J connectivity index is 1.62. The van der Waals surface area contributed by atoms with Crippen molar-refractivity contribution in [1.82, 2.24) is 19.9 Å². The summed E-state index contributed by atoms with van der Waals surface area (Å²) in [5.74, 6) is -0.0720. The van der Waals surface area contributed by atoms with Crippen molar-refractivity contribution in [3.63, 3.8) is 0 Å². The van der Waals surface area contributed by atoms with E-state index in [-0.39, 0.29) is 18.0 Å². The van der Waals surface area contributed by atoms with Crippen molar-refractivity contribution in [1.29, 1.82) is 0 Å². The highest BCUT2D eigenvalue weighted by molar-refractivity contribution is 7.09. The normalized spacial score (nSPS) is 13.4. The molecule has 26 heavy (non-hydrogen) atoms. The minimum absolute atomic E-state index is 0.0720. The van der Waals surface area contributed by atoms with E-state index < -0.39 is 0 Å². The summed E-state index contributed by atoms with van der Waals surface area (Å²) in [5, 5.41) is 5.94. The van der Waals surface area contributed by atoms with Crippen LogP contribution in [-0.2, 0) is 4.79 Å². The van der Waals surface area contributed by atoms with Gasteiger partial charge in [-0.1, -0.05) is 42.5 Å². The van der Waals surface area contributed by atoms with Gasteiger partial charge < -0.3 is 9.88 Å². The highest BCUT2D eigenvalue weighted by Gasteiger charge is 2.23. The van der Waals surface area contributed by atoms with Gasteiger partial charge in [0.1, 0.15) is 17.1 Å². The largest absolute Gasteiger partial charge is 0.341 e. The molecule has 0 radical (unpaired) electrons. The van der Waals surface area contributed by atoms with E-state index in [1.54, 1.807) is 12.5 Å². The predicted octanol–water partition coefficient (Wildman–Crippen LogP) is 3.96. The summed E-state index contributed by atoms with van der Waals surface area (Å²) < 4.78 is 1.90. The summed E-state index contributed by atoms with van der Waals surface area (Å²) in [6.07, 6.45) is 3.48. The zero-order chi connectivity index (χ0) is 17.9. The number of fused-ring (bicyclic) bond motifs is 1. The minimum atomic E-state index is -0.381. The second-order valence-electron chi connectivity index (χ2n) is 6.04. The average Bonchev–Trinajstić information content (AvgIpc) is 3.36. The van der Waals surface area contributed by atoms with Gasteiger partial charge in [0.15, 0.2) is 0 Å². The average molecular weight is 362 g/mol. The number of para-hydroxylation sites is 2. The Bertz CT molecular complexity index is 1010. The van der Waals surface area contributed by atoms with E-state index in [0.29, 0.717) is 0 Å². The first-order chi connectivity index (χ1) is 12.7. The van der Waals surface area contributed by atoms with Gasteiger partial charge in [-0.3, -0.25) is 4.79 Å². The zero-order valence-electron chi connectivity index (χ0n) is 14.2. The smallest absolute Gasteiger partial charge is 0.243 e. The molecule has 0 saturated carbocycles. The van der Waals surface area contributed by atoms with Gasteiger partial charge in [0.25, 0.3) is 0 Å². The van der Waals surface area contributed by atoms with E-state index in [1.807, 2.05) is 71.5 Å². The zero-order valence-corrected chi connectivity index (χ0v) is 15.1. The molecule has 2 atom stereocenters. The molecule has 0 fully saturated rings. The van der Waals surface area contributed by atoms with Crippen LogP contribution in [0.3, 0.4) is 0 Å². The summed E-state index contributed by atoms with van der Waals surface area (Å²) in [4.78, 5) is 21.8. The number of nitrogens with zero attached hydrogens (tertiary/aromatic N) is 3. The predicted molar refractivity (Wildman–Crippen MR) is 103 cm³/mol. The van der Waals surface area contributed by atoms with Crippen LogP contribution in [0.4, 0.5) is 0 Å². The number of benzene rings is 2. The minimum Gasteiger partial charge on any atom is -0.341 e. The molecule has 2 aromatic carbocycles. The number of hydrogen-bond donors (Lipinski definition) is 1. The molecule has 0 unspecified atom stereocenters. The van der Waals surface area contributed by atoms with Gasteiger partial charge >= 0.3 is 0 Å². The SMILES string of the molecule is C[C@H](C(=O)N[C@H](c1ccccc1)c1nccs1)n1cnc2ccccc21. The van der Waals surface area contributed by atoms with Crippen molar-refractivity contribution in [2.24, 2.45) is 0 Å². The lowest BCUT2D eigenvalue weighted by Gasteiger charge is -2.21. The lowest BCUT2D eigenvalue weighted by atomic mass is 10.1. The first-order valence-electron chi connectivity index (χ1n) is 8.40. The van der Waals surface area contributed by atoms with Crippen molar-refractivity contribution in [2.75, 3.05) is 0 Å². The van der Waals surface area contributed by atoms with Crippen LogP contribution in [0, 0.1) is 0 Å². The number of carbonyl (C=O) groups is 1. The number of thiazole rings is 1. The van der Waals surface area contributed by atoms with Crippen LogP contribution in [0.1, 0.15) is 29.6 Å². The molecule has 0 saturated heterocycles. The Morgan fingerprint density at radius 3 is 2.62 bits per heavy atom. The number of amides is 1. The van der Waals surface area contributed by atoms with Crippen LogP contribution in [-0.4, -0.2) is 20.4 Å². The Labute approximate surface area is 155 Å². The third-order valence-corrected chi connectivity index (χ3v) is 5.24. The number of nitrogens with one attached hydrogen (secondary N) is 1. The van der Waals surface area contributed by atoms with E-state index in [2.05, 4.69) is 15.3 Å². The standard InChI is InChI=1S/C20H18N4OS/c1-14(24-13-22-16-9-5-6-10-17(16)24)19(25)23-18(20-21-11-12-26-20)15-7-3-2-4-8-15/h2-14,18H,1H3,(H,23,25)/t14-,18-/m1/s1. The summed E-state index contributed by atoms with van der Waals surface area (Å²) in [6, 6.07) is 17.1. The second-order valence-corrected chi connectivity index (χ2v) is 6.97. The molecular formula is C20H18N4OS. The molecule has 4 aromatic rings. The first kappa shape index (κ1) is 16.5. The molecular weight excluding hydrogens is 344 g/mol. The Morgan fingerprint density at radius 2 is 1.85 bits per heavy atom. The topological polar surface area (TPSA) is 59.8 Å². The maximum atomic E-state index is 13.0. The summed E-state index contributed by atoms with van der Waals surface area (Å²) in [6.45, 7) is 1.88. The van der Waals surface area contributed by atoms with Gasteiger partial charge in [0.2, 0.25) is 5.91 Å². The Hall–Kier alpha value is -2.99. The Kier molecular flexibility index (Phi) is 4.50. The maximum absolute atomic E-state index is 13.0. The van der Waals surface area contributed by atoms with Crippen molar-refractivity contribution in [2.45, 2.75) is 19.0 Å². The van der Waals surface area contributed by atoms with Crippen molar-refractivity contribution in [3.8, 4) is 0 Å². The number of carbonyl (C=O) groups excluding carboxylic acids is 1. The maximum Gasteiger partial charge on any atom is 0.243 e. The molecule has 2 heterocycles. The molecule has 2 aromatic heterocycles. The molecule has 1 N–H and O–H groups in total. The fourth-order valence-electron chi connectivity index (χ4n) is 2.99. The van der Waals surface area contributed by atoms with Gasteiger partial charge in [-0.2, -0.15) is 0 Å². The van der Waals surface area contributed by atoms with Gasteiger partial charge in [-0.05, 0) is 24.6 Å². The highest BCUT2D eigenvalue weighted by atomic mass is 32.1. The lowest BCUT2D eigenvalue weighted by molar-refractivity contribution is -0.124. The quantitative estimate of drug-likeness (QED) is 0.585. The summed E-state index contributed by atoms with van der Waals surface area (Å²) in [5.41, 5.74) is 2.84. The van der Waals surface area contributed by atoms with Crippen LogP contribution in [0.25, 0.3) is 11.0 Å². The Morgan fingerprint density at radius 1 is 1.08 bits per heavy atom. The van der Waals surface area contributed by atoms with E-state index in [9.17, 15) is 4.79 Å². The van der Waals surface area contributed by atoms with Gasteiger partial charge in [0.05, 0.1) is 17.4 Å². The van der Waals surface area contributed by atoms with E-state index >= 15 is 0 Å². The van der Waals surface area contributed by atoms with Gasteiger partial charge in [-0.15, -0.1) is 11.3 Å². The summed E-state index contributed by atoms with van der Waals surface area (Å²) in [7, 11) is 0. The number of hydrogen-bond acceptors (Lipinski definition) is 4. The lowest BCUT2D eigenvalue weighted by Crippen LogP contribution is -2.34. The van der Waals surface area contributed by atoms with Crippen LogP contribution < -0.4 is 5.32 Å². The number of aromatic nitrogens is 3. The third kappa shape index (κ3) is 3.11. The fraction of sp³-hybridized carbons (Fsp3) is 0.150. The molecule has 0 aliphatic rings. The van der Waals surface area contributed by atoms with Crippen molar-refractivity contribution in [3.05, 3.63) is 83.1 Å². The van der Waals surface area contributed by atoms with Crippen molar-refractivity contribution < 1.29 is 4.79 Å². The fourth-order valence-corrected chi connectivity index (χ4v) is 3.70. The number of imidazole rings is 1. The van der Waals surface area contributed by atoms with E-state index in [4.69, 9.17) is 0 Å². The molecule has 0 spiro atoms. The van der Waals surface area contributed by atoms with Crippen molar-refractivity contribution >= 4 is 28.3 Å². The monoisotopic (exact) mass is 362 g/mol. The highest BCUT2D eigenvalue weighted by Crippen LogP contribution is 2.25. The molecule has 0 aliphatic carbocycles. The van der Waals surface area contributed by atoms with E-state index in [1.165, 1.54) is 11.3 Å². The number of rotatable bonds is 5. The molecule has 0 bridgehead atoms. The second kappa shape index (κ2) is 7.09. The molecule has 4 rings (SSSR count). The molecule has 0 aliphatic heterocycles. The van der Waals surface area contributed by atoms with E-state index in [0.717, 1.165) is 21.6 Å².